The van der Waals surface area contributed by atoms with Gasteiger partial charge in [-0.2, -0.15) is 0 Å². The van der Waals surface area contributed by atoms with Crippen LogP contribution >= 0.6 is 0 Å². The molecule has 2 atom stereocenters. The van der Waals surface area contributed by atoms with Gasteiger partial charge in [-0.25, -0.2) is 0 Å². The van der Waals surface area contributed by atoms with E-state index >= 15 is 0 Å². The normalized spacial score (nSPS) is 20.9. The highest BCUT2D eigenvalue weighted by Crippen LogP contribution is 2.19. The monoisotopic (exact) mass is 282 g/mol. The molecule has 0 amide bonds. The second-order valence-corrected chi connectivity index (χ2v) is 5.47. The molecular weight excluding hydrogens is 256 g/mol. The van der Waals surface area contributed by atoms with Crippen LogP contribution in [0.1, 0.15) is 51.5 Å². The summed E-state index contributed by atoms with van der Waals surface area (Å²) < 4.78 is 11.5. The van der Waals surface area contributed by atoms with E-state index in [9.17, 15) is 0 Å². The van der Waals surface area contributed by atoms with Crippen molar-refractivity contribution in [3.63, 3.8) is 0 Å². The quantitative estimate of drug-likeness (QED) is 0.826. The van der Waals surface area contributed by atoms with Crippen LogP contribution in [-0.4, -0.2) is 43.0 Å². The summed E-state index contributed by atoms with van der Waals surface area (Å²) in [6.45, 7) is 6.79. The van der Waals surface area contributed by atoms with Crippen molar-refractivity contribution in [3.8, 4) is 0 Å². The molecule has 1 N–H and O–H groups in total. The number of nitrogens with zero attached hydrogens (tertiary/aromatic N) is 3. The van der Waals surface area contributed by atoms with E-state index in [2.05, 4.69) is 22.4 Å². The smallest absolute Gasteiger partial charge is 0.318 e. The minimum Gasteiger partial charge on any atom is -0.406 e. The zero-order chi connectivity index (χ0) is 14.4. The van der Waals surface area contributed by atoms with Crippen molar-refractivity contribution in [2.75, 3.05) is 31.6 Å². The Morgan fingerprint density at radius 1 is 1.40 bits per heavy atom. The van der Waals surface area contributed by atoms with Crippen LogP contribution in [0.25, 0.3) is 0 Å². The average molecular weight is 282 g/mol. The van der Waals surface area contributed by atoms with Crippen molar-refractivity contribution < 1.29 is 9.15 Å². The van der Waals surface area contributed by atoms with E-state index in [1.807, 2.05) is 18.9 Å². The van der Waals surface area contributed by atoms with Crippen molar-refractivity contribution in [1.29, 1.82) is 0 Å². The lowest BCUT2D eigenvalue weighted by atomic mass is 10.1. The summed E-state index contributed by atoms with van der Waals surface area (Å²) in [6, 6.07) is 0.662. The van der Waals surface area contributed by atoms with Crippen LogP contribution in [0.3, 0.4) is 0 Å². The van der Waals surface area contributed by atoms with Gasteiger partial charge in [0.2, 0.25) is 5.89 Å². The molecule has 0 radical (unpaired) electrons. The first kappa shape index (κ1) is 15.3. The molecule has 6 heteroatoms. The van der Waals surface area contributed by atoms with E-state index in [0.29, 0.717) is 11.9 Å². The summed E-state index contributed by atoms with van der Waals surface area (Å²) in [5, 5.41) is 11.6. The lowest BCUT2D eigenvalue weighted by Crippen LogP contribution is -2.33. The third-order valence-electron chi connectivity index (χ3n) is 3.58. The minimum absolute atomic E-state index is 0.0931. The van der Waals surface area contributed by atoms with E-state index in [0.717, 1.165) is 32.5 Å². The van der Waals surface area contributed by atoms with Crippen LogP contribution in [0, 0.1) is 0 Å². The van der Waals surface area contributed by atoms with E-state index in [1.54, 1.807) is 0 Å². The second kappa shape index (κ2) is 7.59. The number of hydrogen-bond donors (Lipinski definition) is 1. The summed E-state index contributed by atoms with van der Waals surface area (Å²) in [7, 11) is 1.97. The van der Waals surface area contributed by atoms with Gasteiger partial charge in [0, 0.05) is 20.2 Å². The molecule has 1 fully saturated rings. The number of anilines is 1. The number of likely N-dealkylation sites (N-methyl/N-ethyl adjacent to an activating group) is 1. The predicted octanol–water partition coefficient (Wildman–Crippen LogP) is 2.14. The maximum atomic E-state index is 5.73. The molecule has 2 rings (SSSR count). The van der Waals surface area contributed by atoms with Gasteiger partial charge < -0.3 is 19.4 Å². The highest BCUT2D eigenvalue weighted by atomic mass is 16.5. The zero-order valence-corrected chi connectivity index (χ0v) is 12.8. The minimum atomic E-state index is 0.0931. The molecule has 20 heavy (non-hydrogen) atoms. The Bertz CT molecular complexity index is 390. The first-order chi connectivity index (χ1) is 9.70. The summed E-state index contributed by atoms with van der Waals surface area (Å²) in [5.41, 5.74) is 0. The lowest BCUT2D eigenvalue weighted by molar-refractivity contribution is 0.0211. The van der Waals surface area contributed by atoms with Gasteiger partial charge in [0.05, 0.1) is 12.1 Å². The van der Waals surface area contributed by atoms with Crippen LogP contribution in [0.5, 0.6) is 0 Å². The molecule has 1 aromatic rings. The molecule has 1 aliphatic rings. The van der Waals surface area contributed by atoms with E-state index in [1.165, 1.54) is 12.8 Å². The molecule has 0 aliphatic carbocycles. The Morgan fingerprint density at radius 2 is 2.25 bits per heavy atom. The molecule has 2 unspecified atom stereocenters. The molecule has 6 nitrogen and oxygen atoms in total. The number of hydrogen-bond acceptors (Lipinski definition) is 6. The molecule has 2 heterocycles. The first-order valence-corrected chi connectivity index (χ1v) is 7.60. The fourth-order valence-electron chi connectivity index (χ4n) is 2.34. The van der Waals surface area contributed by atoms with E-state index < -0.39 is 0 Å². The molecule has 1 saturated heterocycles. The Labute approximate surface area is 120 Å². The SMILES string of the molecule is CCCNC(C)c1nnc(N(C)CC2CCCCO2)o1. The van der Waals surface area contributed by atoms with Crippen LogP contribution in [0.4, 0.5) is 6.01 Å². The third kappa shape index (κ3) is 4.18. The second-order valence-electron chi connectivity index (χ2n) is 5.47. The van der Waals surface area contributed by atoms with Crippen LogP contribution in [0.2, 0.25) is 0 Å². The molecule has 0 saturated carbocycles. The van der Waals surface area contributed by atoms with Crippen molar-refractivity contribution in [2.45, 2.75) is 51.7 Å². The van der Waals surface area contributed by atoms with Gasteiger partial charge in [0.15, 0.2) is 0 Å². The standard InChI is InChI=1S/C14H26N4O2/c1-4-8-15-11(2)13-16-17-14(20-13)18(3)10-12-7-5-6-9-19-12/h11-12,15H,4-10H2,1-3H3. The Hall–Kier alpha value is -1.14. The highest BCUT2D eigenvalue weighted by molar-refractivity contribution is 5.22. The van der Waals surface area contributed by atoms with Gasteiger partial charge in [-0.1, -0.05) is 12.0 Å². The van der Waals surface area contributed by atoms with Crippen molar-refractivity contribution >= 4 is 6.01 Å². The molecule has 0 spiro atoms. The maximum absolute atomic E-state index is 5.73. The van der Waals surface area contributed by atoms with Crippen molar-refractivity contribution in [2.24, 2.45) is 0 Å². The molecular formula is C14H26N4O2. The van der Waals surface area contributed by atoms with Crippen molar-refractivity contribution in [3.05, 3.63) is 5.89 Å². The number of rotatable bonds is 7. The van der Waals surface area contributed by atoms with Gasteiger partial charge in [-0.3, -0.25) is 0 Å². The molecule has 0 bridgehead atoms. The predicted molar refractivity (Wildman–Crippen MR) is 77.9 cm³/mol. The summed E-state index contributed by atoms with van der Waals surface area (Å²) >= 11 is 0. The maximum Gasteiger partial charge on any atom is 0.318 e. The number of ether oxygens (including phenoxy) is 1. The first-order valence-electron chi connectivity index (χ1n) is 7.60. The Morgan fingerprint density at radius 3 is 2.95 bits per heavy atom. The lowest BCUT2D eigenvalue weighted by Gasteiger charge is -2.26. The molecule has 1 aromatic heterocycles. The number of nitrogens with one attached hydrogen (secondary N) is 1. The summed E-state index contributed by atoms with van der Waals surface area (Å²) in [5.74, 6) is 0.643. The fraction of sp³-hybridized carbons (Fsp3) is 0.857. The Kier molecular flexibility index (Phi) is 5.79. The average Bonchev–Trinajstić information content (AvgIpc) is 2.96. The van der Waals surface area contributed by atoms with Gasteiger partial charge in [0.25, 0.3) is 0 Å². The van der Waals surface area contributed by atoms with Gasteiger partial charge in [-0.05, 0) is 39.2 Å². The summed E-state index contributed by atoms with van der Waals surface area (Å²) in [6.07, 6.45) is 4.89. The summed E-state index contributed by atoms with van der Waals surface area (Å²) in [4.78, 5) is 1.99. The number of aromatic nitrogens is 2. The topological polar surface area (TPSA) is 63.4 Å². The molecule has 1 aliphatic heterocycles. The van der Waals surface area contributed by atoms with Gasteiger partial charge in [-0.15, -0.1) is 5.10 Å². The zero-order valence-electron chi connectivity index (χ0n) is 12.8. The Balaban J connectivity index is 1.86. The molecule has 114 valence electrons. The van der Waals surface area contributed by atoms with E-state index in [-0.39, 0.29) is 12.1 Å². The van der Waals surface area contributed by atoms with E-state index in [4.69, 9.17) is 9.15 Å². The van der Waals surface area contributed by atoms with Crippen LogP contribution in [0.15, 0.2) is 4.42 Å². The molecule has 0 aromatic carbocycles. The van der Waals surface area contributed by atoms with Gasteiger partial charge >= 0.3 is 6.01 Å². The third-order valence-corrected chi connectivity index (χ3v) is 3.58. The van der Waals surface area contributed by atoms with Crippen LogP contribution in [-0.2, 0) is 4.74 Å². The van der Waals surface area contributed by atoms with Gasteiger partial charge in [0.1, 0.15) is 0 Å². The highest BCUT2D eigenvalue weighted by Gasteiger charge is 2.20. The van der Waals surface area contributed by atoms with Crippen LogP contribution < -0.4 is 10.2 Å². The fourth-order valence-corrected chi connectivity index (χ4v) is 2.34. The van der Waals surface area contributed by atoms with Crippen molar-refractivity contribution in [1.82, 2.24) is 15.5 Å². The largest absolute Gasteiger partial charge is 0.406 e.